The number of rotatable bonds is 1. The highest BCUT2D eigenvalue weighted by atomic mass is 35.5. The number of hydrogen-bond acceptors (Lipinski definition) is 2. The summed E-state index contributed by atoms with van der Waals surface area (Å²) >= 11 is 6.09. The first-order chi connectivity index (χ1) is 12.6. The largest absolute Gasteiger partial charge is 0.468 e. The number of ether oxygens (including phenoxy) is 1. The lowest BCUT2D eigenvalue weighted by Gasteiger charge is -2.52. The van der Waals surface area contributed by atoms with Crippen molar-refractivity contribution in [3.63, 3.8) is 0 Å². The molecule has 1 fully saturated rings. The minimum Gasteiger partial charge on any atom is -0.468 e. The van der Waals surface area contributed by atoms with Crippen molar-refractivity contribution in [3.8, 4) is 5.75 Å². The number of para-hydroxylation sites is 1. The molecule has 2 aromatic rings. The van der Waals surface area contributed by atoms with E-state index in [1.165, 1.54) is 29.5 Å². The average Bonchev–Trinajstić information content (AvgIpc) is 3.12. The van der Waals surface area contributed by atoms with Crippen LogP contribution in [0.3, 0.4) is 0 Å². The van der Waals surface area contributed by atoms with E-state index in [-0.39, 0.29) is 5.72 Å². The molecular weight excluding hydrogens is 342 g/mol. The molecule has 0 unspecified atom stereocenters. The number of halogens is 1. The molecule has 0 bridgehead atoms. The van der Waals surface area contributed by atoms with Gasteiger partial charge in [-0.25, -0.2) is 0 Å². The fourth-order valence-electron chi connectivity index (χ4n) is 4.81. The summed E-state index contributed by atoms with van der Waals surface area (Å²) in [6.07, 6.45) is 8.05. The zero-order valence-electron chi connectivity index (χ0n) is 15.1. The molecule has 5 rings (SSSR count). The first-order valence-electron chi connectivity index (χ1n) is 9.68. The van der Waals surface area contributed by atoms with Gasteiger partial charge in [0, 0.05) is 29.6 Å². The van der Waals surface area contributed by atoms with Crippen LogP contribution in [0.1, 0.15) is 56.2 Å². The average molecular weight is 366 g/mol. The molecule has 1 atom stereocenters. The zero-order chi connectivity index (χ0) is 17.7. The predicted molar refractivity (Wildman–Crippen MR) is 106 cm³/mol. The monoisotopic (exact) mass is 365 g/mol. The van der Waals surface area contributed by atoms with Crippen molar-refractivity contribution in [1.29, 1.82) is 0 Å². The normalized spacial score (nSPS) is 29.8. The second kappa shape index (κ2) is 6.06. The molecule has 0 N–H and O–H groups in total. The highest BCUT2D eigenvalue weighted by Gasteiger charge is 2.49. The standard InChI is InChI=1S/C23H24ClNO/c1-16-10-12-23(13-11-16)25-15-18(17-6-8-19(24)9-7-17)14-21(25)20-4-2-3-5-22(20)26-23/h2-9,15-16,21H,10-14H2,1H3/t16?,21-,23?/m0/s1. The minimum atomic E-state index is -0.181. The van der Waals surface area contributed by atoms with Gasteiger partial charge in [-0.15, -0.1) is 0 Å². The molecule has 26 heavy (non-hydrogen) atoms. The summed E-state index contributed by atoms with van der Waals surface area (Å²) in [5, 5.41) is 0.788. The molecule has 0 radical (unpaired) electrons. The summed E-state index contributed by atoms with van der Waals surface area (Å²) in [5.41, 5.74) is 3.78. The predicted octanol–water partition coefficient (Wildman–Crippen LogP) is 6.43. The summed E-state index contributed by atoms with van der Waals surface area (Å²) in [4.78, 5) is 2.53. The Morgan fingerprint density at radius 3 is 2.54 bits per heavy atom. The molecule has 2 heterocycles. The van der Waals surface area contributed by atoms with Gasteiger partial charge in [-0.2, -0.15) is 0 Å². The van der Waals surface area contributed by atoms with E-state index >= 15 is 0 Å². The molecule has 3 heteroatoms. The van der Waals surface area contributed by atoms with Crippen molar-refractivity contribution in [3.05, 3.63) is 70.9 Å². The van der Waals surface area contributed by atoms with Gasteiger partial charge in [0.25, 0.3) is 0 Å². The molecule has 2 aromatic carbocycles. The van der Waals surface area contributed by atoms with Crippen LogP contribution < -0.4 is 4.74 Å². The van der Waals surface area contributed by atoms with Gasteiger partial charge in [-0.3, -0.25) is 0 Å². The highest BCUT2D eigenvalue weighted by Crippen LogP contribution is 2.53. The van der Waals surface area contributed by atoms with E-state index in [0.29, 0.717) is 6.04 Å². The van der Waals surface area contributed by atoms with Gasteiger partial charge >= 0.3 is 0 Å². The minimum absolute atomic E-state index is 0.181. The van der Waals surface area contributed by atoms with E-state index in [9.17, 15) is 0 Å². The van der Waals surface area contributed by atoms with Gasteiger partial charge in [-0.1, -0.05) is 48.9 Å². The van der Waals surface area contributed by atoms with Crippen LogP contribution in [0.15, 0.2) is 54.7 Å². The van der Waals surface area contributed by atoms with E-state index in [1.807, 2.05) is 12.1 Å². The highest BCUT2D eigenvalue weighted by molar-refractivity contribution is 6.30. The third-order valence-electron chi connectivity index (χ3n) is 6.36. The summed E-state index contributed by atoms with van der Waals surface area (Å²) in [5.74, 6) is 1.87. The van der Waals surface area contributed by atoms with Gasteiger partial charge in [0.1, 0.15) is 5.75 Å². The molecule has 0 aromatic heterocycles. The molecular formula is C23H24ClNO. The molecule has 3 aliphatic rings. The maximum Gasteiger partial charge on any atom is 0.183 e. The lowest BCUT2D eigenvalue weighted by Crippen LogP contribution is -2.55. The van der Waals surface area contributed by atoms with Gasteiger partial charge in [0.2, 0.25) is 0 Å². The fraction of sp³-hybridized carbons (Fsp3) is 0.391. The van der Waals surface area contributed by atoms with Gasteiger partial charge in [-0.05, 0) is 54.5 Å². The van der Waals surface area contributed by atoms with Crippen LogP contribution in [0.4, 0.5) is 0 Å². The lowest BCUT2D eigenvalue weighted by molar-refractivity contribution is -0.121. The summed E-state index contributed by atoms with van der Waals surface area (Å²) in [7, 11) is 0. The summed E-state index contributed by atoms with van der Waals surface area (Å²) < 4.78 is 6.69. The van der Waals surface area contributed by atoms with Crippen molar-refractivity contribution < 1.29 is 4.74 Å². The SMILES string of the molecule is CC1CCC2(CC1)Oc1ccccc1[C@@H]1CC(c3ccc(Cl)cc3)=CN12. The molecule has 0 saturated heterocycles. The van der Waals surface area contributed by atoms with Gasteiger partial charge < -0.3 is 9.64 Å². The number of benzene rings is 2. The van der Waals surface area contributed by atoms with Crippen LogP contribution in [0.2, 0.25) is 5.02 Å². The van der Waals surface area contributed by atoms with Crippen molar-refractivity contribution >= 4 is 17.2 Å². The zero-order valence-corrected chi connectivity index (χ0v) is 15.9. The summed E-state index contributed by atoms with van der Waals surface area (Å²) in [6.45, 7) is 2.36. The van der Waals surface area contributed by atoms with Crippen LogP contribution in [-0.4, -0.2) is 10.6 Å². The molecule has 1 spiro atoms. The Kier molecular flexibility index (Phi) is 3.79. The van der Waals surface area contributed by atoms with E-state index in [0.717, 1.165) is 36.0 Å². The van der Waals surface area contributed by atoms with E-state index in [4.69, 9.17) is 16.3 Å². The third-order valence-corrected chi connectivity index (χ3v) is 6.62. The molecule has 2 nitrogen and oxygen atoms in total. The summed E-state index contributed by atoms with van der Waals surface area (Å²) in [6, 6.07) is 17.2. The second-order valence-corrected chi connectivity index (χ2v) is 8.49. The van der Waals surface area contributed by atoms with Crippen molar-refractivity contribution in [2.24, 2.45) is 5.92 Å². The molecule has 1 aliphatic carbocycles. The van der Waals surface area contributed by atoms with E-state index in [1.54, 1.807) is 0 Å². The topological polar surface area (TPSA) is 12.5 Å². The van der Waals surface area contributed by atoms with E-state index in [2.05, 4.69) is 54.4 Å². The Labute approximate surface area is 160 Å². The Hall–Kier alpha value is -1.93. The Bertz CT molecular complexity index is 849. The molecule has 2 aliphatic heterocycles. The van der Waals surface area contributed by atoms with Crippen molar-refractivity contribution in [2.75, 3.05) is 0 Å². The third kappa shape index (κ3) is 2.54. The van der Waals surface area contributed by atoms with Crippen LogP contribution in [-0.2, 0) is 0 Å². The van der Waals surface area contributed by atoms with Crippen molar-refractivity contribution in [1.82, 2.24) is 4.90 Å². The smallest absolute Gasteiger partial charge is 0.183 e. The molecule has 134 valence electrons. The van der Waals surface area contributed by atoms with Crippen molar-refractivity contribution in [2.45, 2.75) is 50.8 Å². The molecule has 1 saturated carbocycles. The first kappa shape index (κ1) is 16.3. The second-order valence-electron chi connectivity index (χ2n) is 8.06. The lowest BCUT2D eigenvalue weighted by atomic mass is 9.81. The number of nitrogens with zero attached hydrogens (tertiary/aromatic N) is 1. The Morgan fingerprint density at radius 1 is 1.04 bits per heavy atom. The Morgan fingerprint density at radius 2 is 1.77 bits per heavy atom. The first-order valence-corrected chi connectivity index (χ1v) is 10.1. The fourth-order valence-corrected chi connectivity index (χ4v) is 4.94. The van der Waals surface area contributed by atoms with Crippen LogP contribution in [0.5, 0.6) is 5.75 Å². The van der Waals surface area contributed by atoms with Crippen LogP contribution >= 0.6 is 11.6 Å². The Balaban J connectivity index is 1.57. The van der Waals surface area contributed by atoms with Gasteiger partial charge in [0.15, 0.2) is 5.72 Å². The van der Waals surface area contributed by atoms with Crippen LogP contribution in [0.25, 0.3) is 5.57 Å². The quantitative estimate of drug-likeness (QED) is 0.577. The maximum atomic E-state index is 6.69. The number of fused-ring (bicyclic) bond motifs is 4. The van der Waals surface area contributed by atoms with E-state index < -0.39 is 0 Å². The number of hydrogen-bond donors (Lipinski definition) is 0. The molecule has 0 amide bonds. The van der Waals surface area contributed by atoms with Crippen LogP contribution in [0, 0.1) is 5.92 Å². The van der Waals surface area contributed by atoms with Gasteiger partial charge in [0.05, 0.1) is 6.04 Å². The maximum absolute atomic E-state index is 6.69.